The van der Waals surface area contributed by atoms with Gasteiger partial charge in [0.25, 0.3) is 5.91 Å². The van der Waals surface area contributed by atoms with Crippen molar-refractivity contribution in [2.24, 2.45) is 5.92 Å². The molecule has 1 aliphatic heterocycles. The molecule has 0 fully saturated rings. The van der Waals surface area contributed by atoms with E-state index >= 15 is 0 Å². The molecule has 0 aromatic carbocycles. The lowest BCUT2D eigenvalue weighted by Crippen LogP contribution is -2.37. The predicted molar refractivity (Wildman–Crippen MR) is 92.4 cm³/mol. The molecule has 0 aliphatic carbocycles. The molecule has 140 valence electrons. The van der Waals surface area contributed by atoms with Gasteiger partial charge in [0.2, 0.25) is 5.91 Å². The van der Waals surface area contributed by atoms with Gasteiger partial charge >= 0.3 is 0 Å². The van der Waals surface area contributed by atoms with E-state index in [0.717, 1.165) is 18.5 Å². The van der Waals surface area contributed by atoms with Crippen LogP contribution in [0.25, 0.3) is 0 Å². The largest absolute Gasteiger partial charge is 0.383 e. The molecule has 0 spiro atoms. The number of carbonyl (C=O) groups is 2. The van der Waals surface area contributed by atoms with Crippen LogP contribution in [0.3, 0.4) is 0 Å². The number of hydrogen-bond donors (Lipinski definition) is 2. The van der Waals surface area contributed by atoms with Crippen LogP contribution in [0.15, 0.2) is 6.33 Å². The summed E-state index contributed by atoms with van der Waals surface area (Å²) < 4.78 is 12.1. The van der Waals surface area contributed by atoms with E-state index in [9.17, 15) is 9.59 Å². The lowest BCUT2D eigenvalue weighted by molar-refractivity contribution is -0.126. The Morgan fingerprint density at radius 2 is 2.16 bits per heavy atom. The van der Waals surface area contributed by atoms with Gasteiger partial charge in [0, 0.05) is 40.0 Å². The molecule has 2 rings (SSSR count). The van der Waals surface area contributed by atoms with Crippen LogP contribution >= 0.6 is 0 Å². The summed E-state index contributed by atoms with van der Waals surface area (Å²) in [6.07, 6.45) is 3.82. The lowest BCUT2D eigenvalue weighted by Gasteiger charge is -2.23. The van der Waals surface area contributed by atoms with Crippen LogP contribution in [-0.2, 0) is 27.2 Å². The van der Waals surface area contributed by atoms with Crippen molar-refractivity contribution in [3.8, 4) is 0 Å². The number of amides is 2. The molecular formula is C17H28N4O4. The van der Waals surface area contributed by atoms with E-state index in [4.69, 9.17) is 9.47 Å². The summed E-state index contributed by atoms with van der Waals surface area (Å²) in [5.41, 5.74) is 1.37. The summed E-state index contributed by atoms with van der Waals surface area (Å²) in [4.78, 5) is 28.7. The lowest BCUT2D eigenvalue weighted by atomic mass is 9.96. The Hall–Kier alpha value is -1.93. The van der Waals surface area contributed by atoms with Gasteiger partial charge in [-0.05, 0) is 26.2 Å². The van der Waals surface area contributed by atoms with Crippen molar-refractivity contribution in [1.29, 1.82) is 0 Å². The number of carbonyl (C=O) groups excluding carboxylic acids is 2. The molecule has 0 bridgehead atoms. The van der Waals surface area contributed by atoms with Crippen molar-refractivity contribution in [3.05, 3.63) is 17.7 Å². The van der Waals surface area contributed by atoms with Gasteiger partial charge in [-0.3, -0.25) is 9.59 Å². The number of rotatable bonds is 10. The molecule has 1 aliphatic rings. The minimum atomic E-state index is -0.159. The number of nitrogens with zero attached hydrogens (tertiary/aromatic N) is 2. The quantitative estimate of drug-likeness (QED) is 0.593. The molecule has 2 N–H and O–H groups in total. The van der Waals surface area contributed by atoms with Crippen molar-refractivity contribution in [2.45, 2.75) is 32.7 Å². The summed E-state index contributed by atoms with van der Waals surface area (Å²) in [6.45, 7) is 5.40. The standard InChI is InChI=1S/C17H28N4O4/c1-3-25-9-4-7-18-17(23)15-14-6-5-13(11-21(14)12-20-15)16(22)19-8-10-24-2/h12-13H,3-11H2,1-2H3,(H,18,23)(H,19,22). The van der Waals surface area contributed by atoms with E-state index in [0.29, 0.717) is 51.6 Å². The highest BCUT2D eigenvalue weighted by atomic mass is 16.5. The zero-order valence-electron chi connectivity index (χ0n) is 15.0. The van der Waals surface area contributed by atoms with Gasteiger partial charge in [-0.1, -0.05) is 0 Å². The van der Waals surface area contributed by atoms with Gasteiger partial charge < -0.3 is 24.7 Å². The Balaban J connectivity index is 1.85. The number of fused-ring (bicyclic) bond motifs is 1. The average Bonchev–Trinajstić information content (AvgIpc) is 3.04. The van der Waals surface area contributed by atoms with Gasteiger partial charge in [0.15, 0.2) is 0 Å². The SMILES string of the molecule is CCOCCCNC(=O)c1ncn2c1CCC(C(=O)NCCOC)C2. The summed E-state index contributed by atoms with van der Waals surface area (Å²) in [5, 5.41) is 5.74. The summed E-state index contributed by atoms with van der Waals surface area (Å²) in [6, 6.07) is 0. The van der Waals surface area contributed by atoms with Crippen LogP contribution in [0.4, 0.5) is 0 Å². The fourth-order valence-corrected chi connectivity index (χ4v) is 2.90. The topological polar surface area (TPSA) is 94.5 Å². The number of imidazole rings is 1. The van der Waals surface area contributed by atoms with Gasteiger partial charge in [0.1, 0.15) is 5.69 Å². The second-order valence-corrected chi connectivity index (χ2v) is 6.02. The highest BCUT2D eigenvalue weighted by Crippen LogP contribution is 2.22. The van der Waals surface area contributed by atoms with Crippen LogP contribution < -0.4 is 10.6 Å². The number of nitrogens with one attached hydrogen (secondary N) is 2. The van der Waals surface area contributed by atoms with Crippen LogP contribution in [-0.4, -0.2) is 61.4 Å². The number of methoxy groups -OCH3 is 1. The molecule has 0 saturated carbocycles. The van der Waals surface area contributed by atoms with Crippen LogP contribution in [0.2, 0.25) is 0 Å². The van der Waals surface area contributed by atoms with E-state index in [1.54, 1.807) is 13.4 Å². The Morgan fingerprint density at radius 1 is 1.32 bits per heavy atom. The van der Waals surface area contributed by atoms with E-state index in [-0.39, 0.29) is 17.7 Å². The monoisotopic (exact) mass is 352 g/mol. The number of ether oxygens (including phenoxy) is 2. The molecule has 1 atom stereocenters. The summed E-state index contributed by atoms with van der Waals surface area (Å²) >= 11 is 0. The molecule has 25 heavy (non-hydrogen) atoms. The molecule has 1 aromatic heterocycles. The average molecular weight is 352 g/mol. The minimum Gasteiger partial charge on any atom is -0.383 e. The van der Waals surface area contributed by atoms with Crippen molar-refractivity contribution in [2.75, 3.05) is 40.0 Å². The maximum atomic E-state index is 12.3. The summed E-state index contributed by atoms with van der Waals surface area (Å²) in [7, 11) is 1.61. The number of aromatic nitrogens is 2. The molecular weight excluding hydrogens is 324 g/mol. The maximum absolute atomic E-state index is 12.3. The molecule has 2 amide bonds. The molecule has 1 unspecified atom stereocenters. The third kappa shape index (κ3) is 5.54. The molecule has 8 heteroatoms. The van der Waals surface area contributed by atoms with Crippen molar-refractivity contribution < 1.29 is 19.1 Å². The Labute approximate surface area is 148 Å². The highest BCUT2D eigenvalue weighted by molar-refractivity contribution is 5.93. The molecule has 0 radical (unpaired) electrons. The number of hydrogen-bond acceptors (Lipinski definition) is 5. The minimum absolute atomic E-state index is 0.0262. The van der Waals surface area contributed by atoms with Crippen molar-refractivity contribution in [3.63, 3.8) is 0 Å². The first-order chi connectivity index (χ1) is 12.2. The highest BCUT2D eigenvalue weighted by Gasteiger charge is 2.28. The third-order valence-electron chi connectivity index (χ3n) is 4.24. The molecule has 0 saturated heterocycles. The first-order valence-electron chi connectivity index (χ1n) is 8.84. The second-order valence-electron chi connectivity index (χ2n) is 6.02. The zero-order chi connectivity index (χ0) is 18.1. The smallest absolute Gasteiger partial charge is 0.271 e. The van der Waals surface area contributed by atoms with E-state index in [2.05, 4.69) is 15.6 Å². The van der Waals surface area contributed by atoms with Gasteiger partial charge in [-0.15, -0.1) is 0 Å². The van der Waals surface area contributed by atoms with Gasteiger partial charge in [0.05, 0.1) is 24.5 Å². The van der Waals surface area contributed by atoms with Gasteiger partial charge in [-0.2, -0.15) is 0 Å². The first kappa shape index (κ1) is 19.4. The molecule has 8 nitrogen and oxygen atoms in total. The Bertz CT molecular complexity index is 573. The summed E-state index contributed by atoms with van der Waals surface area (Å²) in [5.74, 6) is -0.229. The van der Waals surface area contributed by atoms with E-state index in [1.165, 1.54) is 0 Å². The predicted octanol–water partition coefficient (Wildman–Crippen LogP) is 0.365. The Kier molecular flexibility index (Phi) is 7.87. The van der Waals surface area contributed by atoms with Crippen molar-refractivity contribution in [1.82, 2.24) is 20.2 Å². The van der Waals surface area contributed by atoms with Crippen LogP contribution in [0, 0.1) is 5.92 Å². The van der Waals surface area contributed by atoms with E-state index < -0.39 is 0 Å². The molecule has 1 aromatic rings. The maximum Gasteiger partial charge on any atom is 0.271 e. The third-order valence-corrected chi connectivity index (χ3v) is 4.24. The fourth-order valence-electron chi connectivity index (χ4n) is 2.90. The normalized spacial score (nSPS) is 16.3. The zero-order valence-corrected chi connectivity index (χ0v) is 15.0. The second kappa shape index (κ2) is 10.1. The molecule has 2 heterocycles. The van der Waals surface area contributed by atoms with Crippen molar-refractivity contribution >= 4 is 11.8 Å². The van der Waals surface area contributed by atoms with E-state index in [1.807, 2.05) is 11.5 Å². The fraction of sp³-hybridized carbons (Fsp3) is 0.706. The van der Waals surface area contributed by atoms with Gasteiger partial charge in [-0.25, -0.2) is 4.98 Å². The Morgan fingerprint density at radius 3 is 2.92 bits per heavy atom. The first-order valence-corrected chi connectivity index (χ1v) is 8.84. The van der Waals surface area contributed by atoms with Crippen LogP contribution in [0.1, 0.15) is 35.9 Å². The van der Waals surface area contributed by atoms with Crippen LogP contribution in [0.5, 0.6) is 0 Å².